The predicted molar refractivity (Wildman–Crippen MR) is 29.5 cm³/mol. The van der Waals surface area contributed by atoms with Gasteiger partial charge in [-0.2, -0.15) is 4.39 Å². The van der Waals surface area contributed by atoms with Crippen molar-refractivity contribution in [3.05, 3.63) is 29.6 Å². The number of carbonyl (C=O) groups excluding carboxylic acids is 1. The van der Waals surface area contributed by atoms with Gasteiger partial charge in [0.05, 0.1) is 0 Å². The molecule has 0 atom stereocenters. The molecule has 0 spiro atoms. The van der Waals surface area contributed by atoms with Gasteiger partial charge in [0.2, 0.25) is 5.95 Å². The Morgan fingerprint density at radius 3 is 2.60 bits per heavy atom. The highest BCUT2D eigenvalue weighted by Crippen LogP contribution is 2.01. The van der Waals surface area contributed by atoms with E-state index in [4.69, 9.17) is 0 Å². The lowest BCUT2D eigenvalue weighted by atomic mass is 10.4. The topological polar surface area (TPSA) is 30.0 Å². The Bertz CT molecular complexity index is 262. The number of carbonyl (C=O) groups is 1. The van der Waals surface area contributed by atoms with Crippen molar-refractivity contribution in [2.24, 2.45) is 0 Å². The maximum atomic E-state index is 12.1. The third kappa shape index (κ3) is 1.15. The van der Waals surface area contributed by atoms with Gasteiger partial charge in [-0.05, 0) is 12.1 Å². The largest absolute Gasteiger partial charge is 0.296 e. The molecule has 4 heteroatoms. The summed E-state index contributed by atoms with van der Waals surface area (Å²) in [6.07, 6.45) is 0.350. The van der Waals surface area contributed by atoms with Crippen molar-refractivity contribution in [1.29, 1.82) is 0 Å². The standard InChI is InChI=1S/C6H3F2NO/c7-5-2-1-4(3-10)9-6(5)8/h1-3H. The van der Waals surface area contributed by atoms with Gasteiger partial charge in [-0.25, -0.2) is 9.37 Å². The molecule has 0 aliphatic rings. The van der Waals surface area contributed by atoms with E-state index in [1.165, 1.54) is 0 Å². The second-order valence-corrected chi connectivity index (χ2v) is 1.63. The van der Waals surface area contributed by atoms with Crippen LogP contribution < -0.4 is 0 Å². The second kappa shape index (κ2) is 2.51. The van der Waals surface area contributed by atoms with Crippen LogP contribution in [0.15, 0.2) is 12.1 Å². The van der Waals surface area contributed by atoms with Crippen LogP contribution in [0.2, 0.25) is 0 Å². The zero-order valence-corrected chi connectivity index (χ0v) is 4.84. The van der Waals surface area contributed by atoms with Gasteiger partial charge in [-0.3, -0.25) is 4.79 Å². The molecule has 0 radical (unpaired) electrons. The summed E-state index contributed by atoms with van der Waals surface area (Å²) < 4.78 is 24.2. The Morgan fingerprint density at radius 2 is 2.10 bits per heavy atom. The van der Waals surface area contributed by atoms with Crippen molar-refractivity contribution in [3.8, 4) is 0 Å². The van der Waals surface area contributed by atoms with Gasteiger partial charge >= 0.3 is 0 Å². The molecule has 0 N–H and O–H groups in total. The Hall–Kier alpha value is -1.32. The second-order valence-electron chi connectivity index (χ2n) is 1.63. The third-order valence-electron chi connectivity index (χ3n) is 0.946. The average molecular weight is 143 g/mol. The molecule has 52 valence electrons. The number of aldehydes is 1. The number of pyridine rings is 1. The molecule has 0 saturated heterocycles. The molecule has 1 aromatic heterocycles. The quantitative estimate of drug-likeness (QED) is 0.436. The lowest BCUT2D eigenvalue weighted by Gasteiger charge is -1.90. The van der Waals surface area contributed by atoms with Crippen LogP contribution in [-0.4, -0.2) is 11.3 Å². The first kappa shape index (κ1) is 6.80. The molecule has 0 aliphatic carbocycles. The molecule has 1 aromatic rings. The first-order chi connectivity index (χ1) is 4.74. The average Bonchev–Trinajstić information content (AvgIpc) is 1.95. The minimum absolute atomic E-state index is 0.112. The lowest BCUT2D eigenvalue weighted by molar-refractivity contribution is 0.111. The van der Waals surface area contributed by atoms with Crippen LogP contribution in [0.1, 0.15) is 10.5 Å². The maximum Gasteiger partial charge on any atom is 0.249 e. The summed E-state index contributed by atoms with van der Waals surface area (Å²) in [5.41, 5.74) is -0.112. The number of hydrogen-bond acceptors (Lipinski definition) is 2. The molecule has 10 heavy (non-hydrogen) atoms. The fraction of sp³-hybridized carbons (Fsp3) is 0. The van der Waals surface area contributed by atoms with Gasteiger partial charge in [0, 0.05) is 0 Å². The number of halogens is 2. The minimum atomic E-state index is -1.25. The SMILES string of the molecule is O=Cc1ccc(F)c(F)n1. The third-order valence-corrected chi connectivity index (χ3v) is 0.946. The number of rotatable bonds is 1. The zero-order valence-electron chi connectivity index (χ0n) is 4.84. The molecule has 1 rings (SSSR count). The smallest absolute Gasteiger partial charge is 0.249 e. The van der Waals surface area contributed by atoms with E-state index in [0.29, 0.717) is 6.29 Å². The van der Waals surface area contributed by atoms with E-state index in [1.807, 2.05) is 0 Å². The van der Waals surface area contributed by atoms with E-state index in [2.05, 4.69) is 4.98 Å². The molecule has 0 aromatic carbocycles. The van der Waals surface area contributed by atoms with Crippen molar-refractivity contribution in [2.45, 2.75) is 0 Å². The van der Waals surface area contributed by atoms with E-state index >= 15 is 0 Å². The Morgan fingerprint density at radius 1 is 1.40 bits per heavy atom. The molecule has 0 saturated carbocycles. The molecule has 2 nitrogen and oxygen atoms in total. The Labute approximate surface area is 55.5 Å². The summed E-state index contributed by atoms with van der Waals surface area (Å²) in [5, 5.41) is 0. The van der Waals surface area contributed by atoms with Crippen molar-refractivity contribution < 1.29 is 13.6 Å². The van der Waals surface area contributed by atoms with Crippen molar-refractivity contribution >= 4 is 6.29 Å². The van der Waals surface area contributed by atoms with E-state index in [1.54, 1.807) is 0 Å². The summed E-state index contributed by atoms with van der Waals surface area (Å²) in [4.78, 5) is 12.9. The number of aromatic nitrogens is 1. The molecule has 1 heterocycles. The van der Waals surface area contributed by atoms with Crippen LogP contribution in [0.3, 0.4) is 0 Å². The first-order valence-electron chi connectivity index (χ1n) is 2.51. The van der Waals surface area contributed by atoms with Crippen molar-refractivity contribution in [1.82, 2.24) is 4.98 Å². The van der Waals surface area contributed by atoms with Crippen LogP contribution in [0.25, 0.3) is 0 Å². The molecule has 0 unspecified atom stereocenters. The van der Waals surface area contributed by atoms with Crippen molar-refractivity contribution in [2.75, 3.05) is 0 Å². The maximum absolute atomic E-state index is 12.1. The Kier molecular flexibility index (Phi) is 1.71. The number of hydrogen-bond donors (Lipinski definition) is 0. The highest BCUT2D eigenvalue weighted by Gasteiger charge is 2.01. The fourth-order valence-corrected chi connectivity index (χ4v) is 0.497. The fourth-order valence-electron chi connectivity index (χ4n) is 0.497. The first-order valence-corrected chi connectivity index (χ1v) is 2.51. The Balaban J connectivity index is 3.16. The van der Waals surface area contributed by atoms with E-state index in [-0.39, 0.29) is 5.69 Å². The van der Waals surface area contributed by atoms with Crippen molar-refractivity contribution in [3.63, 3.8) is 0 Å². The number of nitrogens with zero attached hydrogens (tertiary/aromatic N) is 1. The normalized spacial score (nSPS) is 9.40. The highest BCUT2D eigenvalue weighted by atomic mass is 19.2. The van der Waals surface area contributed by atoms with Crippen LogP contribution in [0.4, 0.5) is 8.78 Å². The van der Waals surface area contributed by atoms with Gasteiger partial charge < -0.3 is 0 Å². The molecular weight excluding hydrogens is 140 g/mol. The molecule has 0 amide bonds. The van der Waals surface area contributed by atoms with Crippen LogP contribution in [0, 0.1) is 11.8 Å². The summed E-state index contributed by atoms with van der Waals surface area (Å²) in [6.45, 7) is 0. The monoisotopic (exact) mass is 143 g/mol. The van der Waals surface area contributed by atoms with E-state index in [9.17, 15) is 13.6 Å². The highest BCUT2D eigenvalue weighted by molar-refractivity contribution is 5.71. The molecule has 0 fully saturated rings. The van der Waals surface area contributed by atoms with Crippen LogP contribution in [-0.2, 0) is 0 Å². The van der Waals surface area contributed by atoms with Crippen LogP contribution >= 0.6 is 0 Å². The summed E-state index contributed by atoms with van der Waals surface area (Å²) in [5.74, 6) is -2.30. The van der Waals surface area contributed by atoms with Gasteiger partial charge in [-0.15, -0.1) is 0 Å². The summed E-state index contributed by atoms with van der Waals surface area (Å²) in [6, 6.07) is 1.96. The van der Waals surface area contributed by atoms with Gasteiger partial charge in [0.1, 0.15) is 5.69 Å². The summed E-state index contributed by atoms with van der Waals surface area (Å²) >= 11 is 0. The van der Waals surface area contributed by atoms with Gasteiger partial charge in [0.15, 0.2) is 12.1 Å². The van der Waals surface area contributed by atoms with Crippen LogP contribution in [0.5, 0.6) is 0 Å². The lowest BCUT2D eigenvalue weighted by Crippen LogP contribution is -1.93. The summed E-state index contributed by atoms with van der Waals surface area (Å²) in [7, 11) is 0. The predicted octanol–water partition coefficient (Wildman–Crippen LogP) is 1.17. The molecular formula is C6H3F2NO. The molecule has 0 aliphatic heterocycles. The zero-order chi connectivity index (χ0) is 7.56. The van der Waals surface area contributed by atoms with E-state index < -0.39 is 11.8 Å². The molecule has 0 bridgehead atoms. The van der Waals surface area contributed by atoms with Gasteiger partial charge in [0.25, 0.3) is 0 Å². The van der Waals surface area contributed by atoms with E-state index in [0.717, 1.165) is 12.1 Å². The minimum Gasteiger partial charge on any atom is -0.296 e. The van der Waals surface area contributed by atoms with Gasteiger partial charge in [-0.1, -0.05) is 0 Å².